The van der Waals surface area contributed by atoms with Crippen LogP contribution in [0.3, 0.4) is 0 Å². The van der Waals surface area contributed by atoms with Crippen LogP contribution in [0.2, 0.25) is 0 Å². The minimum atomic E-state index is -0.303. The fraction of sp³-hybridized carbons (Fsp3) is 0.684. The number of carbonyl (C=O) groups excluding carboxylic acids is 2. The molecule has 0 aromatic carbocycles. The van der Waals surface area contributed by atoms with Crippen molar-refractivity contribution in [2.75, 3.05) is 31.6 Å². The molecule has 0 saturated carbocycles. The van der Waals surface area contributed by atoms with E-state index in [0.717, 1.165) is 50.8 Å². The average Bonchev–Trinajstić information content (AvgIpc) is 2.92. The Labute approximate surface area is 153 Å². The van der Waals surface area contributed by atoms with Crippen molar-refractivity contribution in [3.05, 3.63) is 16.0 Å². The Hall–Kier alpha value is -1.40. The Kier molecular flexibility index (Phi) is 6.12. The van der Waals surface area contributed by atoms with E-state index in [1.807, 2.05) is 6.92 Å². The molecular weight excluding hydrogens is 336 g/mol. The highest BCUT2D eigenvalue weighted by molar-refractivity contribution is 7.17. The lowest BCUT2D eigenvalue weighted by atomic mass is 9.88. The van der Waals surface area contributed by atoms with Crippen LogP contribution in [0.15, 0.2) is 0 Å². The Morgan fingerprint density at radius 1 is 1.28 bits per heavy atom. The third-order valence-corrected chi connectivity index (χ3v) is 6.23. The number of fused-ring (bicyclic) bond motifs is 1. The van der Waals surface area contributed by atoms with E-state index in [-0.39, 0.29) is 11.9 Å². The van der Waals surface area contributed by atoms with E-state index in [0.29, 0.717) is 29.6 Å². The number of thiophene rings is 1. The highest BCUT2D eigenvalue weighted by atomic mass is 32.1. The van der Waals surface area contributed by atoms with Crippen LogP contribution < -0.4 is 5.32 Å². The smallest absolute Gasteiger partial charge is 0.341 e. The maximum absolute atomic E-state index is 12.5. The summed E-state index contributed by atoms with van der Waals surface area (Å²) in [5.41, 5.74) is 1.69. The van der Waals surface area contributed by atoms with Gasteiger partial charge in [0.15, 0.2) is 0 Å². The molecule has 3 rings (SSSR count). The van der Waals surface area contributed by atoms with Crippen LogP contribution in [-0.2, 0) is 22.4 Å². The summed E-state index contributed by atoms with van der Waals surface area (Å²) in [4.78, 5) is 28.4. The van der Waals surface area contributed by atoms with Crippen molar-refractivity contribution in [3.8, 4) is 0 Å². The van der Waals surface area contributed by atoms with Gasteiger partial charge in [0.1, 0.15) is 5.00 Å². The molecule has 1 aromatic rings. The van der Waals surface area contributed by atoms with Crippen molar-refractivity contribution in [1.82, 2.24) is 4.90 Å². The van der Waals surface area contributed by atoms with Gasteiger partial charge in [-0.25, -0.2) is 4.79 Å². The maximum atomic E-state index is 12.5. The van der Waals surface area contributed by atoms with Gasteiger partial charge in [0, 0.05) is 4.88 Å². The van der Waals surface area contributed by atoms with Crippen molar-refractivity contribution in [1.29, 1.82) is 0 Å². The van der Waals surface area contributed by atoms with Crippen molar-refractivity contribution >= 4 is 28.2 Å². The SMILES string of the molecule is CCOC(=O)c1c(NC(=O)CN2CCCCC2)sc2c1CC[C@@H](C)C2. The van der Waals surface area contributed by atoms with Crippen molar-refractivity contribution < 1.29 is 14.3 Å². The molecule has 1 aliphatic heterocycles. The lowest BCUT2D eigenvalue weighted by molar-refractivity contribution is -0.117. The Morgan fingerprint density at radius 3 is 2.76 bits per heavy atom. The number of ether oxygens (including phenoxy) is 1. The molecule has 0 spiro atoms. The van der Waals surface area contributed by atoms with Crippen LogP contribution in [-0.4, -0.2) is 43.0 Å². The minimum Gasteiger partial charge on any atom is -0.462 e. The second-order valence-corrected chi connectivity index (χ2v) is 8.27. The van der Waals surface area contributed by atoms with Crippen LogP contribution in [0, 0.1) is 5.92 Å². The summed E-state index contributed by atoms with van der Waals surface area (Å²) in [5, 5.41) is 3.69. The normalized spacial score (nSPS) is 20.8. The highest BCUT2D eigenvalue weighted by Crippen LogP contribution is 2.40. The summed E-state index contributed by atoms with van der Waals surface area (Å²) < 4.78 is 5.26. The van der Waals surface area contributed by atoms with Gasteiger partial charge in [0.05, 0.1) is 18.7 Å². The van der Waals surface area contributed by atoms with Gasteiger partial charge in [-0.3, -0.25) is 9.69 Å². The lowest BCUT2D eigenvalue weighted by Gasteiger charge is -2.25. The molecule has 1 aromatic heterocycles. The Morgan fingerprint density at radius 2 is 2.04 bits per heavy atom. The molecule has 1 saturated heterocycles. The standard InChI is InChI=1S/C19H28N2O3S/c1-3-24-19(23)17-14-8-7-13(2)11-15(14)25-18(17)20-16(22)12-21-9-5-4-6-10-21/h13H,3-12H2,1-2H3,(H,20,22)/t13-/m1/s1. The third-order valence-electron chi connectivity index (χ3n) is 5.06. The molecule has 6 heteroatoms. The van der Waals surface area contributed by atoms with Gasteiger partial charge in [-0.15, -0.1) is 11.3 Å². The Balaban J connectivity index is 1.77. The number of likely N-dealkylation sites (tertiary alicyclic amines) is 1. The lowest BCUT2D eigenvalue weighted by Crippen LogP contribution is -2.36. The molecule has 2 heterocycles. The van der Waals surface area contributed by atoms with Crippen LogP contribution in [0.25, 0.3) is 0 Å². The second kappa shape index (κ2) is 8.32. The fourth-order valence-electron chi connectivity index (χ4n) is 3.74. The molecule has 1 N–H and O–H groups in total. The molecule has 1 atom stereocenters. The van der Waals surface area contributed by atoms with Crippen LogP contribution >= 0.6 is 11.3 Å². The maximum Gasteiger partial charge on any atom is 0.341 e. The first-order chi connectivity index (χ1) is 12.1. The van der Waals surface area contributed by atoms with Crippen LogP contribution in [0.5, 0.6) is 0 Å². The number of carbonyl (C=O) groups is 2. The molecule has 0 unspecified atom stereocenters. The molecule has 0 bridgehead atoms. The molecule has 1 amide bonds. The number of hydrogen-bond acceptors (Lipinski definition) is 5. The minimum absolute atomic E-state index is 0.0286. The molecular formula is C19H28N2O3S. The number of rotatable bonds is 5. The van der Waals surface area contributed by atoms with Gasteiger partial charge in [0.2, 0.25) is 5.91 Å². The van der Waals surface area contributed by atoms with E-state index >= 15 is 0 Å². The molecule has 1 fully saturated rings. The first kappa shape index (κ1) is 18.4. The number of anilines is 1. The first-order valence-corrected chi connectivity index (χ1v) is 10.2. The number of amides is 1. The van der Waals surface area contributed by atoms with Crippen LogP contribution in [0.4, 0.5) is 5.00 Å². The summed E-state index contributed by atoms with van der Waals surface area (Å²) in [7, 11) is 0. The first-order valence-electron chi connectivity index (χ1n) is 9.42. The zero-order valence-corrected chi connectivity index (χ0v) is 16.0. The number of piperidine rings is 1. The molecule has 5 nitrogen and oxygen atoms in total. The summed E-state index contributed by atoms with van der Waals surface area (Å²) in [6.07, 6.45) is 6.52. The average molecular weight is 365 g/mol. The van der Waals surface area contributed by atoms with Gasteiger partial charge in [-0.1, -0.05) is 13.3 Å². The van der Waals surface area contributed by atoms with Crippen molar-refractivity contribution in [2.45, 2.75) is 52.4 Å². The predicted molar refractivity (Wildman–Crippen MR) is 100 cm³/mol. The highest BCUT2D eigenvalue weighted by Gasteiger charge is 2.29. The third kappa shape index (κ3) is 4.42. The van der Waals surface area contributed by atoms with E-state index in [1.54, 1.807) is 11.3 Å². The van der Waals surface area contributed by atoms with Gasteiger partial charge < -0.3 is 10.1 Å². The van der Waals surface area contributed by atoms with Crippen molar-refractivity contribution in [2.24, 2.45) is 5.92 Å². The molecule has 25 heavy (non-hydrogen) atoms. The molecule has 2 aliphatic rings. The van der Waals surface area contributed by atoms with E-state index in [1.165, 1.54) is 11.3 Å². The number of nitrogens with one attached hydrogen (secondary N) is 1. The summed E-state index contributed by atoms with van der Waals surface area (Å²) in [6, 6.07) is 0. The zero-order valence-electron chi connectivity index (χ0n) is 15.2. The monoisotopic (exact) mass is 364 g/mol. The van der Waals surface area contributed by atoms with Gasteiger partial charge in [-0.05, 0) is 63.6 Å². The summed E-state index contributed by atoms with van der Waals surface area (Å²) in [6.45, 7) is 6.77. The van der Waals surface area contributed by atoms with Gasteiger partial charge in [0.25, 0.3) is 0 Å². The van der Waals surface area contributed by atoms with E-state index in [4.69, 9.17) is 4.74 Å². The topological polar surface area (TPSA) is 58.6 Å². The quantitative estimate of drug-likeness (QED) is 0.813. The zero-order chi connectivity index (χ0) is 17.8. The molecule has 1 aliphatic carbocycles. The molecule has 138 valence electrons. The van der Waals surface area contributed by atoms with Crippen LogP contribution in [0.1, 0.15) is 60.3 Å². The summed E-state index contributed by atoms with van der Waals surface area (Å²) in [5.74, 6) is 0.292. The number of nitrogens with zero attached hydrogens (tertiary/aromatic N) is 1. The largest absolute Gasteiger partial charge is 0.462 e. The van der Waals surface area contributed by atoms with Gasteiger partial charge >= 0.3 is 5.97 Å². The number of hydrogen-bond donors (Lipinski definition) is 1. The fourth-order valence-corrected chi connectivity index (χ4v) is 5.16. The van der Waals surface area contributed by atoms with E-state index < -0.39 is 0 Å². The van der Waals surface area contributed by atoms with Gasteiger partial charge in [-0.2, -0.15) is 0 Å². The van der Waals surface area contributed by atoms with Crippen molar-refractivity contribution in [3.63, 3.8) is 0 Å². The summed E-state index contributed by atoms with van der Waals surface area (Å²) >= 11 is 1.56. The number of esters is 1. The predicted octanol–water partition coefficient (Wildman–Crippen LogP) is 3.47. The van der Waals surface area contributed by atoms with E-state index in [2.05, 4.69) is 17.1 Å². The Bertz CT molecular complexity index is 635. The van der Waals surface area contributed by atoms with E-state index in [9.17, 15) is 9.59 Å². The second-order valence-electron chi connectivity index (χ2n) is 7.16. The molecule has 0 radical (unpaired) electrons.